The molecule has 10 heteroatoms. The minimum atomic E-state index is -0.419. The van der Waals surface area contributed by atoms with E-state index in [4.69, 9.17) is 4.74 Å². The highest BCUT2D eigenvalue weighted by atomic mass is 16.5. The molecular formula is C20H21N5O5. The summed E-state index contributed by atoms with van der Waals surface area (Å²) in [5.41, 5.74) is 0.931. The number of methoxy groups -OCH3 is 1. The molecule has 0 radical (unpaired) electrons. The molecule has 1 aliphatic rings. The van der Waals surface area contributed by atoms with Crippen molar-refractivity contribution in [1.29, 1.82) is 0 Å². The van der Waals surface area contributed by atoms with Gasteiger partial charge in [0.2, 0.25) is 0 Å². The van der Waals surface area contributed by atoms with Crippen LogP contribution in [0.15, 0.2) is 36.8 Å². The summed E-state index contributed by atoms with van der Waals surface area (Å²) >= 11 is 0. The van der Waals surface area contributed by atoms with Gasteiger partial charge in [0.25, 0.3) is 23.6 Å². The monoisotopic (exact) mass is 411 g/mol. The van der Waals surface area contributed by atoms with Crippen molar-refractivity contribution in [3.05, 3.63) is 59.2 Å². The van der Waals surface area contributed by atoms with E-state index in [1.807, 2.05) is 0 Å². The van der Waals surface area contributed by atoms with Crippen LogP contribution in [0.2, 0.25) is 0 Å². The van der Waals surface area contributed by atoms with E-state index < -0.39 is 17.7 Å². The van der Waals surface area contributed by atoms with Gasteiger partial charge in [0.15, 0.2) is 0 Å². The van der Waals surface area contributed by atoms with Gasteiger partial charge in [-0.05, 0) is 24.6 Å². The molecule has 0 spiro atoms. The van der Waals surface area contributed by atoms with Gasteiger partial charge in [0.1, 0.15) is 5.69 Å². The van der Waals surface area contributed by atoms with Crippen molar-refractivity contribution in [2.75, 3.05) is 33.4 Å². The first-order valence-electron chi connectivity index (χ1n) is 9.34. The van der Waals surface area contributed by atoms with E-state index in [0.717, 1.165) is 4.90 Å². The summed E-state index contributed by atoms with van der Waals surface area (Å²) in [6.45, 7) is 1.07. The van der Waals surface area contributed by atoms with Gasteiger partial charge in [-0.15, -0.1) is 0 Å². The zero-order chi connectivity index (χ0) is 21.5. The highest BCUT2D eigenvalue weighted by Crippen LogP contribution is 2.24. The molecule has 0 saturated carbocycles. The second-order valence-electron chi connectivity index (χ2n) is 6.47. The Labute approximate surface area is 172 Å². The number of hydrogen-bond acceptors (Lipinski definition) is 7. The molecule has 0 saturated heterocycles. The van der Waals surface area contributed by atoms with E-state index in [2.05, 4.69) is 20.6 Å². The SMILES string of the molecule is COCCCN1C(=O)c2ccc(C(=O)NCCNC(=O)c3cnccn3)cc2C1=O. The van der Waals surface area contributed by atoms with Gasteiger partial charge in [0.05, 0.1) is 17.3 Å². The first kappa shape index (κ1) is 21.1. The van der Waals surface area contributed by atoms with Crippen LogP contribution < -0.4 is 10.6 Å². The molecule has 156 valence electrons. The highest BCUT2D eigenvalue weighted by molar-refractivity contribution is 6.22. The maximum Gasteiger partial charge on any atom is 0.271 e. The van der Waals surface area contributed by atoms with Crippen molar-refractivity contribution in [1.82, 2.24) is 25.5 Å². The summed E-state index contributed by atoms with van der Waals surface area (Å²) < 4.78 is 4.95. The van der Waals surface area contributed by atoms with Gasteiger partial charge in [-0.2, -0.15) is 0 Å². The van der Waals surface area contributed by atoms with Crippen molar-refractivity contribution < 1.29 is 23.9 Å². The average Bonchev–Trinajstić information content (AvgIpc) is 3.01. The van der Waals surface area contributed by atoms with E-state index in [1.54, 1.807) is 7.11 Å². The lowest BCUT2D eigenvalue weighted by Crippen LogP contribution is -2.35. The molecule has 0 unspecified atom stereocenters. The summed E-state index contributed by atoms with van der Waals surface area (Å²) in [5.74, 6) is -1.60. The number of fused-ring (bicyclic) bond motifs is 1. The van der Waals surface area contributed by atoms with Gasteiger partial charge in [-0.25, -0.2) is 4.98 Å². The molecule has 1 aliphatic heterocycles. The van der Waals surface area contributed by atoms with Crippen LogP contribution in [-0.4, -0.2) is 71.8 Å². The zero-order valence-corrected chi connectivity index (χ0v) is 16.4. The van der Waals surface area contributed by atoms with Crippen molar-refractivity contribution in [3.8, 4) is 0 Å². The minimum absolute atomic E-state index is 0.179. The fraction of sp³-hybridized carbons (Fsp3) is 0.300. The van der Waals surface area contributed by atoms with Crippen molar-refractivity contribution in [2.45, 2.75) is 6.42 Å². The summed E-state index contributed by atoms with van der Waals surface area (Å²) in [7, 11) is 1.55. The van der Waals surface area contributed by atoms with Gasteiger partial charge in [0, 0.05) is 51.3 Å². The molecule has 2 aromatic rings. The molecule has 2 heterocycles. The molecule has 0 fully saturated rings. The number of nitrogens with one attached hydrogen (secondary N) is 2. The quantitative estimate of drug-likeness (QED) is 0.447. The van der Waals surface area contributed by atoms with Gasteiger partial charge < -0.3 is 15.4 Å². The van der Waals surface area contributed by atoms with Crippen molar-refractivity contribution in [2.24, 2.45) is 0 Å². The van der Waals surface area contributed by atoms with Crippen LogP contribution in [0.25, 0.3) is 0 Å². The molecule has 10 nitrogen and oxygen atoms in total. The lowest BCUT2D eigenvalue weighted by molar-refractivity contribution is 0.0638. The highest BCUT2D eigenvalue weighted by Gasteiger charge is 2.35. The van der Waals surface area contributed by atoms with Gasteiger partial charge >= 0.3 is 0 Å². The molecule has 1 aromatic heterocycles. The number of aromatic nitrogens is 2. The van der Waals surface area contributed by atoms with E-state index in [9.17, 15) is 19.2 Å². The average molecular weight is 411 g/mol. The number of ether oxygens (including phenoxy) is 1. The second kappa shape index (κ2) is 9.70. The molecule has 4 amide bonds. The third kappa shape index (κ3) is 4.66. The summed E-state index contributed by atoms with van der Waals surface area (Å²) in [6, 6.07) is 4.39. The number of imide groups is 1. The number of nitrogens with zero attached hydrogens (tertiary/aromatic N) is 3. The Hall–Kier alpha value is -3.66. The van der Waals surface area contributed by atoms with Crippen LogP contribution in [0.4, 0.5) is 0 Å². The van der Waals surface area contributed by atoms with Crippen LogP contribution in [0, 0.1) is 0 Å². The van der Waals surface area contributed by atoms with Crippen LogP contribution in [0.1, 0.15) is 48.0 Å². The molecule has 3 rings (SSSR count). The predicted octanol–water partition coefficient (Wildman–Crippen LogP) is 0.269. The number of benzene rings is 1. The Morgan fingerprint density at radius 2 is 1.77 bits per heavy atom. The normalized spacial score (nSPS) is 12.6. The Morgan fingerprint density at radius 1 is 1.03 bits per heavy atom. The number of hydrogen-bond donors (Lipinski definition) is 2. The lowest BCUT2D eigenvalue weighted by atomic mass is 10.1. The number of carbonyl (C=O) groups excluding carboxylic acids is 4. The lowest BCUT2D eigenvalue weighted by Gasteiger charge is -2.12. The third-order valence-corrected chi connectivity index (χ3v) is 4.45. The van der Waals surface area contributed by atoms with Crippen molar-refractivity contribution >= 4 is 23.6 Å². The van der Waals surface area contributed by atoms with E-state index >= 15 is 0 Å². The minimum Gasteiger partial charge on any atom is -0.385 e. The molecule has 0 bridgehead atoms. The number of carbonyl (C=O) groups is 4. The summed E-state index contributed by atoms with van der Waals surface area (Å²) in [6.07, 6.45) is 4.75. The van der Waals surface area contributed by atoms with Crippen molar-refractivity contribution in [3.63, 3.8) is 0 Å². The molecule has 0 atom stereocenters. The topological polar surface area (TPSA) is 131 Å². The number of rotatable bonds is 9. The predicted molar refractivity (Wildman–Crippen MR) is 105 cm³/mol. The van der Waals surface area contributed by atoms with E-state index in [-0.39, 0.29) is 47.9 Å². The van der Waals surface area contributed by atoms with Crippen LogP contribution >= 0.6 is 0 Å². The molecule has 1 aromatic carbocycles. The largest absolute Gasteiger partial charge is 0.385 e. The standard InChI is InChI=1S/C20H21N5O5/c1-30-10-2-9-25-19(28)14-4-3-13(11-15(14)20(25)29)17(26)23-7-8-24-18(27)16-12-21-5-6-22-16/h3-6,11-12H,2,7-10H2,1H3,(H,23,26)(H,24,27). The van der Waals surface area contributed by atoms with E-state index in [0.29, 0.717) is 13.0 Å². The fourth-order valence-electron chi connectivity index (χ4n) is 2.96. The van der Waals surface area contributed by atoms with Gasteiger partial charge in [-0.1, -0.05) is 0 Å². The van der Waals surface area contributed by atoms with Crippen LogP contribution in [0.5, 0.6) is 0 Å². The smallest absolute Gasteiger partial charge is 0.271 e. The molecule has 2 N–H and O–H groups in total. The zero-order valence-electron chi connectivity index (χ0n) is 16.4. The first-order valence-corrected chi connectivity index (χ1v) is 9.34. The van der Waals surface area contributed by atoms with Gasteiger partial charge in [-0.3, -0.25) is 29.1 Å². The summed E-state index contributed by atoms with van der Waals surface area (Å²) in [4.78, 5) is 58.0. The first-order chi connectivity index (χ1) is 14.5. The Morgan fingerprint density at radius 3 is 2.47 bits per heavy atom. The maximum absolute atomic E-state index is 12.5. The second-order valence-corrected chi connectivity index (χ2v) is 6.47. The summed E-state index contributed by atoms with van der Waals surface area (Å²) in [5, 5.41) is 5.28. The Balaban J connectivity index is 1.54. The van der Waals surface area contributed by atoms with Crippen LogP contribution in [0.3, 0.4) is 0 Å². The Kier molecular flexibility index (Phi) is 6.81. The number of amides is 4. The Bertz CT molecular complexity index is 963. The molecular weight excluding hydrogens is 390 g/mol. The molecule has 30 heavy (non-hydrogen) atoms. The third-order valence-electron chi connectivity index (χ3n) is 4.45. The maximum atomic E-state index is 12.5. The van der Waals surface area contributed by atoms with E-state index in [1.165, 1.54) is 36.8 Å². The fourth-order valence-corrected chi connectivity index (χ4v) is 2.96. The molecule has 0 aliphatic carbocycles. The van der Waals surface area contributed by atoms with Crippen LogP contribution in [-0.2, 0) is 4.74 Å².